The van der Waals surface area contributed by atoms with Gasteiger partial charge in [0.05, 0.1) is 23.1 Å². The first-order chi connectivity index (χ1) is 13.8. The number of fused-ring (bicyclic) bond motifs is 1. The summed E-state index contributed by atoms with van der Waals surface area (Å²) in [5.74, 6) is -2.97. The molecule has 3 amide bonds. The first-order valence-electron chi connectivity index (χ1n) is 8.50. The third-order valence-corrected chi connectivity index (χ3v) is 4.30. The highest BCUT2D eigenvalue weighted by atomic mass is 19.2. The molecule has 152 valence electrons. The van der Waals surface area contributed by atoms with E-state index in [1.165, 1.54) is 13.1 Å². The number of ether oxygens (including phenoxy) is 1. The van der Waals surface area contributed by atoms with Crippen LogP contribution in [0.25, 0.3) is 0 Å². The van der Waals surface area contributed by atoms with Gasteiger partial charge in [0.1, 0.15) is 5.75 Å². The lowest BCUT2D eigenvalue weighted by Gasteiger charge is -2.27. The van der Waals surface area contributed by atoms with Crippen LogP contribution >= 0.6 is 0 Å². The van der Waals surface area contributed by atoms with Crippen molar-refractivity contribution in [2.75, 3.05) is 19.0 Å². The normalized spacial score (nSPS) is 14.9. The lowest BCUT2D eigenvalue weighted by Crippen LogP contribution is -2.38. The standard InChI is InChI=1S/C18H16F2N4O5/c1-21-18(26)23-15-4-5-29-16-11(15)7-10(24(27)28)8-12(16)17(25)22-9-2-3-13(19)14(20)6-9/h2-3,6-8,15H,4-5H2,1H3,(H,22,25)(H2,21,23,26)/t15-/m0/s1. The second-order valence-corrected chi connectivity index (χ2v) is 6.16. The number of amides is 3. The molecule has 0 spiro atoms. The zero-order chi connectivity index (χ0) is 21.1. The summed E-state index contributed by atoms with van der Waals surface area (Å²) in [4.78, 5) is 35.0. The van der Waals surface area contributed by atoms with Gasteiger partial charge >= 0.3 is 6.03 Å². The smallest absolute Gasteiger partial charge is 0.315 e. The van der Waals surface area contributed by atoms with Crippen molar-refractivity contribution in [1.29, 1.82) is 0 Å². The van der Waals surface area contributed by atoms with E-state index in [1.807, 2.05) is 0 Å². The van der Waals surface area contributed by atoms with Gasteiger partial charge in [0.25, 0.3) is 11.6 Å². The fourth-order valence-corrected chi connectivity index (χ4v) is 2.92. The zero-order valence-electron chi connectivity index (χ0n) is 15.1. The van der Waals surface area contributed by atoms with E-state index in [2.05, 4.69) is 16.0 Å². The number of nitro benzene ring substituents is 1. The van der Waals surface area contributed by atoms with E-state index in [4.69, 9.17) is 4.74 Å². The van der Waals surface area contributed by atoms with Gasteiger partial charge in [-0.15, -0.1) is 0 Å². The molecule has 1 aliphatic rings. The number of anilines is 1. The number of halogens is 2. The Balaban J connectivity index is 2.01. The van der Waals surface area contributed by atoms with Crippen molar-refractivity contribution < 1.29 is 28.0 Å². The minimum Gasteiger partial charge on any atom is -0.492 e. The van der Waals surface area contributed by atoms with Crippen molar-refractivity contribution in [3.8, 4) is 5.75 Å². The summed E-state index contributed by atoms with van der Waals surface area (Å²) in [7, 11) is 1.42. The van der Waals surface area contributed by atoms with Crippen LogP contribution in [0, 0.1) is 21.7 Å². The molecular weight excluding hydrogens is 390 g/mol. The molecule has 0 unspecified atom stereocenters. The summed E-state index contributed by atoms with van der Waals surface area (Å²) in [6.45, 7) is 0.158. The number of benzene rings is 2. The number of nitrogens with one attached hydrogen (secondary N) is 3. The zero-order valence-corrected chi connectivity index (χ0v) is 15.1. The van der Waals surface area contributed by atoms with Crippen LogP contribution in [-0.2, 0) is 0 Å². The molecule has 0 aromatic heterocycles. The molecule has 0 saturated carbocycles. The summed E-state index contributed by atoms with van der Waals surface area (Å²) in [6.07, 6.45) is 0.339. The number of non-ortho nitro benzene ring substituents is 1. The van der Waals surface area contributed by atoms with Crippen LogP contribution in [0.5, 0.6) is 5.75 Å². The quantitative estimate of drug-likeness (QED) is 0.532. The maximum absolute atomic E-state index is 13.4. The van der Waals surface area contributed by atoms with Crippen LogP contribution in [0.3, 0.4) is 0 Å². The molecule has 0 radical (unpaired) electrons. The number of urea groups is 1. The Morgan fingerprint density at radius 3 is 2.62 bits per heavy atom. The van der Waals surface area contributed by atoms with Gasteiger partial charge in [-0.05, 0) is 12.1 Å². The van der Waals surface area contributed by atoms with E-state index in [1.54, 1.807) is 0 Å². The topological polar surface area (TPSA) is 123 Å². The highest BCUT2D eigenvalue weighted by molar-refractivity contribution is 6.07. The van der Waals surface area contributed by atoms with Crippen molar-refractivity contribution in [3.05, 3.63) is 63.2 Å². The van der Waals surface area contributed by atoms with Crippen molar-refractivity contribution in [3.63, 3.8) is 0 Å². The third kappa shape index (κ3) is 4.23. The Hall–Kier alpha value is -3.76. The molecule has 3 rings (SSSR count). The molecule has 2 aromatic rings. The van der Waals surface area contributed by atoms with Gasteiger partial charge < -0.3 is 20.7 Å². The van der Waals surface area contributed by atoms with Gasteiger partial charge in [-0.1, -0.05) is 0 Å². The number of rotatable bonds is 4. The summed E-state index contributed by atoms with van der Waals surface area (Å²) in [5.41, 5.74) is -0.315. The maximum Gasteiger partial charge on any atom is 0.315 e. The van der Waals surface area contributed by atoms with Gasteiger partial charge in [-0.2, -0.15) is 0 Å². The molecular formula is C18H16F2N4O5. The minimum atomic E-state index is -1.16. The molecule has 0 aliphatic carbocycles. The van der Waals surface area contributed by atoms with Crippen LogP contribution in [-0.4, -0.2) is 30.5 Å². The molecule has 2 aromatic carbocycles. The van der Waals surface area contributed by atoms with Crippen LogP contribution in [0.1, 0.15) is 28.4 Å². The van der Waals surface area contributed by atoms with E-state index >= 15 is 0 Å². The fourth-order valence-electron chi connectivity index (χ4n) is 2.92. The Labute approximate surface area is 163 Å². The van der Waals surface area contributed by atoms with Crippen molar-refractivity contribution in [2.24, 2.45) is 0 Å². The number of nitrogens with zero attached hydrogens (tertiary/aromatic N) is 1. The predicted molar refractivity (Wildman–Crippen MR) is 97.9 cm³/mol. The lowest BCUT2D eigenvalue weighted by molar-refractivity contribution is -0.385. The van der Waals surface area contributed by atoms with E-state index in [0.717, 1.165) is 24.3 Å². The average molecular weight is 406 g/mol. The molecule has 11 heteroatoms. The van der Waals surface area contributed by atoms with Gasteiger partial charge in [-0.3, -0.25) is 14.9 Å². The second-order valence-electron chi connectivity index (χ2n) is 6.16. The molecule has 3 N–H and O–H groups in total. The minimum absolute atomic E-state index is 0.0370. The molecule has 9 nitrogen and oxygen atoms in total. The SMILES string of the molecule is CNC(=O)N[C@H]1CCOc2c(C(=O)Nc3ccc(F)c(F)c3)cc([N+](=O)[O-])cc21. The number of carbonyl (C=O) groups is 2. The third-order valence-electron chi connectivity index (χ3n) is 4.30. The Kier molecular flexibility index (Phi) is 5.57. The fraction of sp³-hybridized carbons (Fsp3) is 0.222. The van der Waals surface area contributed by atoms with Crippen LogP contribution < -0.4 is 20.7 Å². The maximum atomic E-state index is 13.4. The Bertz CT molecular complexity index is 998. The van der Waals surface area contributed by atoms with E-state index in [0.29, 0.717) is 6.42 Å². The number of nitro groups is 1. The van der Waals surface area contributed by atoms with E-state index in [9.17, 15) is 28.5 Å². The number of hydrogen-bond acceptors (Lipinski definition) is 5. The molecule has 0 bridgehead atoms. The highest BCUT2D eigenvalue weighted by Crippen LogP contribution is 2.38. The first kappa shape index (κ1) is 20.0. The van der Waals surface area contributed by atoms with Crippen LogP contribution in [0.4, 0.5) is 25.0 Å². The molecule has 1 heterocycles. The van der Waals surface area contributed by atoms with Crippen molar-refractivity contribution in [2.45, 2.75) is 12.5 Å². The van der Waals surface area contributed by atoms with Crippen molar-refractivity contribution in [1.82, 2.24) is 10.6 Å². The largest absolute Gasteiger partial charge is 0.492 e. The van der Waals surface area contributed by atoms with Crippen LogP contribution in [0.15, 0.2) is 30.3 Å². The van der Waals surface area contributed by atoms with Crippen LogP contribution in [0.2, 0.25) is 0 Å². The van der Waals surface area contributed by atoms with Gasteiger partial charge in [-0.25, -0.2) is 13.6 Å². The van der Waals surface area contributed by atoms with Gasteiger partial charge in [0.15, 0.2) is 11.6 Å². The van der Waals surface area contributed by atoms with Crippen molar-refractivity contribution >= 4 is 23.3 Å². The molecule has 0 fully saturated rings. The summed E-state index contributed by atoms with van der Waals surface area (Å²) in [5, 5.41) is 18.7. The first-order valence-corrected chi connectivity index (χ1v) is 8.50. The van der Waals surface area contributed by atoms with E-state index in [-0.39, 0.29) is 34.9 Å². The lowest BCUT2D eigenvalue weighted by atomic mass is 9.96. The molecule has 1 atom stereocenters. The van der Waals surface area contributed by atoms with Gasteiger partial charge in [0.2, 0.25) is 0 Å². The Morgan fingerprint density at radius 1 is 1.21 bits per heavy atom. The van der Waals surface area contributed by atoms with E-state index < -0.39 is 34.5 Å². The predicted octanol–water partition coefficient (Wildman–Crippen LogP) is 2.88. The average Bonchev–Trinajstić information content (AvgIpc) is 2.70. The Morgan fingerprint density at radius 2 is 1.97 bits per heavy atom. The summed E-state index contributed by atoms with van der Waals surface area (Å²) >= 11 is 0. The summed E-state index contributed by atoms with van der Waals surface area (Å²) in [6, 6.07) is 3.91. The monoisotopic (exact) mass is 406 g/mol. The second kappa shape index (κ2) is 8.09. The molecule has 0 saturated heterocycles. The molecule has 29 heavy (non-hydrogen) atoms. The number of hydrogen-bond donors (Lipinski definition) is 3. The molecule has 1 aliphatic heterocycles. The summed E-state index contributed by atoms with van der Waals surface area (Å²) < 4.78 is 32.0. The highest BCUT2D eigenvalue weighted by Gasteiger charge is 2.30. The van der Waals surface area contributed by atoms with Gasteiger partial charge in [0, 0.05) is 42.9 Å². The number of carbonyl (C=O) groups excluding carboxylic acids is 2.